The third-order valence-electron chi connectivity index (χ3n) is 3.42. The Morgan fingerprint density at radius 1 is 1.45 bits per heavy atom. The van der Waals surface area contributed by atoms with Gasteiger partial charge in [0.15, 0.2) is 5.82 Å². The molecule has 5 nitrogen and oxygen atoms in total. The molecule has 0 unspecified atom stereocenters. The van der Waals surface area contributed by atoms with Crippen LogP contribution >= 0.6 is 15.9 Å². The molecule has 104 valence electrons. The van der Waals surface area contributed by atoms with Gasteiger partial charge in [-0.2, -0.15) is 4.98 Å². The molecule has 1 saturated carbocycles. The maximum atomic E-state index is 12.0. The van der Waals surface area contributed by atoms with Crippen LogP contribution in [0.3, 0.4) is 0 Å². The van der Waals surface area contributed by atoms with Crippen molar-refractivity contribution in [2.24, 2.45) is 5.92 Å². The van der Waals surface area contributed by atoms with Gasteiger partial charge < -0.3 is 9.84 Å². The zero-order valence-corrected chi connectivity index (χ0v) is 12.6. The van der Waals surface area contributed by atoms with Crippen LogP contribution in [0.1, 0.15) is 29.6 Å². The number of hydrogen-bond donors (Lipinski definition) is 1. The minimum Gasteiger partial charge on any atom is -0.348 e. The maximum absolute atomic E-state index is 12.0. The Labute approximate surface area is 124 Å². The van der Waals surface area contributed by atoms with Crippen molar-refractivity contribution in [1.29, 1.82) is 0 Å². The largest absolute Gasteiger partial charge is 0.348 e. The average Bonchev–Trinajstić information content (AvgIpc) is 3.13. The van der Waals surface area contributed by atoms with E-state index in [-0.39, 0.29) is 11.8 Å². The highest BCUT2D eigenvalue weighted by atomic mass is 79.9. The van der Waals surface area contributed by atoms with Crippen molar-refractivity contribution in [1.82, 2.24) is 15.5 Å². The SMILES string of the molecule is Cc1nc(CNC(=O)[C@@H]2C[C@@H]2c2ccc(Br)cc2)no1. The summed E-state index contributed by atoms with van der Waals surface area (Å²) in [6.07, 6.45) is 0.902. The molecule has 2 aromatic rings. The van der Waals surface area contributed by atoms with E-state index in [1.54, 1.807) is 6.92 Å². The third-order valence-corrected chi connectivity index (χ3v) is 3.94. The molecular weight excluding hydrogens is 322 g/mol. The minimum atomic E-state index is 0.0559. The van der Waals surface area contributed by atoms with Crippen LogP contribution in [0, 0.1) is 12.8 Å². The summed E-state index contributed by atoms with van der Waals surface area (Å²) in [6.45, 7) is 2.04. The smallest absolute Gasteiger partial charge is 0.224 e. The maximum Gasteiger partial charge on any atom is 0.224 e. The lowest BCUT2D eigenvalue weighted by atomic mass is 10.1. The van der Waals surface area contributed by atoms with Crippen LogP contribution in [0.5, 0.6) is 0 Å². The quantitative estimate of drug-likeness (QED) is 0.932. The summed E-state index contributed by atoms with van der Waals surface area (Å²) in [6, 6.07) is 8.13. The topological polar surface area (TPSA) is 68.0 Å². The van der Waals surface area contributed by atoms with Gasteiger partial charge in [-0.3, -0.25) is 4.79 Å². The standard InChI is InChI=1S/C14H14BrN3O2/c1-8-17-13(18-20-8)7-16-14(19)12-6-11(12)9-2-4-10(15)5-3-9/h2-5,11-12H,6-7H2,1H3,(H,16,19)/t11-,12-/m1/s1. The van der Waals surface area contributed by atoms with Crippen molar-refractivity contribution in [2.45, 2.75) is 25.8 Å². The number of nitrogens with zero attached hydrogens (tertiary/aromatic N) is 2. The van der Waals surface area contributed by atoms with E-state index in [2.05, 4.69) is 43.5 Å². The van der Waals surface area contributed by atoms with E-state index in [0.29, 0.717) is 24.2 Å². The lowest BCUT2D eigenvalue weighted by Crippen LogP contribution is -2.25. The molecule has 0 aliphatic heterocycles. The van der Waals surface area contributed by atoms with Gasteiger partial charge in [0.1, 0.15) is 0 Å². The Kier molecular flexibility index (Phi) is 3.56. The Morgan fingerprint density at radius 2 is 2.20 bits per heavy atom. The van der Waals surface area contributed by atoms with Gasteiger partial charge in [0.2, 0.25) is 11.8 Å². The molecule has 1 heterocycles. The molecule has 1 aromatic heterocycles. The van der Waals surface area contributed by atoms with Gasteiger partial charge in [0.05, 0.1) is 6.54 Å². The molecule has 1 aliphatic carbocycles. The molecule has 1 N–H and O–H groups in total. The molecule has 1 aliphatic rings. The number of carbonyl (C=O) groups excluding carboxylic acids is 1. The number of halogens is 1. The van der Waals surface area contributed by atoms with Crippen molar-refractivity contribution in [2.75, 3.05) is 0 Å². The van der Waals surface area contributed by atoms with E-state index in [4.69, 9.17) is 4.52 Å². The second-order valence-corrected chi connectivity index (χ2v) is 5.86. The first kappa shape index (κ1) is 13.3. The number of nitrogens with one attached hydrogen (secondary N) is 1. The Balaban J connectivity index is 1.53. The van der Waals surface area contributed by atoms with Crippen LogP contribution in [0.25, 0.3) is 0 Å². The van der Waals surface area contributed by atoms with Crippen molar-refractivity contribution >= 4 is 21.8 Å². The first-order valence-corrected chi connectivity index (χ1v) is 7.25. The van der Waals surface area contributed by atoms with Crippen LogP contribution in [-0.4, -0.2) is 16.0 Å². The van der Waals surface area contributed by atoms with Gasteiger partial charge in [-0.15, -0.1) is 0 Å². The number of amides is 1. The third kappa shape index (κ3) is 2.90. The van der Waals surface area contributed by atoms with Gasteiger partial charge in [0, 0.05) is 17.3 Å². The second-order valence-electron chi connectivity index (χ2n) is 4.95. The van der Waals surface area contributed by atoms with Crippen molar-refractivity contribution in [3.8, 4) is 0 Å². The van der Waals surface area contributed by atoms with Crippen molar-refractivity contribution < 1.29 is 9.32 Å². The molecule has 0 bridgehead atoms. The van der Waals surface area contributed by atoms with E-state index in [0.717, 1.165) is 10.9 Å². The van der Waals surface area contributed by atoms with Crippen molar-refractivity contribution in [3.63, 3.8) is 0 Å². The normalized spacial score (nSPS) is 20.7. The van der Waals surface area contributed by atoms with Crippen LogP contribution in [0.15, 0.2) is 33.3 Å². The van der Waals surface area contributed by atoms with E-state index in [9.17, 15) is 4.79 Å². The molecule has 6 heteroatoms. The number of aryl methyl sites for hydroxylation is 1. The molecule has 1 amide bonds. The summed E-state index contributed by atoms with van der Waals surface area (Å²) in [5, 5.41) is 6.60. The molecular formula is C14H14BrN3O2. The fourth-order valence-electron chi connectivity index (χ4n) is 2.27. The van der Waals surface area contributed by atoms with Gasteiger partial charge >= 0.3 is 0 Å². The molecule has 3 rings (SSSR count). The van der Waals surface area contributed by atoms with Gasteiger partial charge in [-0.05, 0) is 30.0 Å². The van der Waals surface area contributed by atoms with Gasteiger partial charge in [-0.1, -0.05) is 33.2 Å². The number of carbonyl (C=O) groups is 1. The number of aromatic nitrogens is 2. The minimum absolute atomic E-state index is 0.0559. The molecule has 1 aromatic carbocycles. The van der Waals surface area contributed by atoms with Crippen LogP contribution in [-0.2, 0) is 11.3 Å². The van der Waals surface area contributed by atoms with Gasteiger partial charge in [0.25, 0.3) is 0 Å². The predicted octanol–water partition coefficient (Wildman–Crippen LogP) is 2.56. The second kappa shape index (κ2) is 5.36. The van der Waals surface area contributed by atoms with Gasteiger partial charge in [-0.25, -0.2) is 0 Å². The highest BCUT2D eigenvalue weighted by molar-refractivity contribution is 9.10. The predicted molar refractivity (Wildman–Crippen MR) is 75.9 cm³/mol. The van der Waals surface area contributed by atoms with E-state index in [1.807, 2.05) is 12.1 Å². The van der Waals surface area contributed by atoms with Crippen molar-refractivity contribution in [3.05, 3.63) is 46.0 Å². The average molecular weight is 336 g/mol. The monoisotopic (exact) mass is 335 g/mol. The highest BCUT2D eigenvalue weighted by Crippen LogP contribution is 2.47. The first-order valence-electron chi connectivity index (χ1n) is 6.46. The molecule has 0 saturated heterocycles. The van der Waals surface area contributed by atoms with E-state index in [1.165, 1.54) is 5.56 Å². The lowest BCUT2D eigenvalue weighted by Gasteiger charge is -2.02. The number of rotatable bonds is 4. The molecule has 2 atom stereocenters. The Morgan fingerprint density at radius 3 is 2.85 bits per heavy atom. The van der Waals surface area contributed by atoms with Crippen LogP contribution in [0.2, 0.25) is 0 Å². The molecule has 0 spiro atoms. The van der Waals surface area contributed by atoms with Crippen LogP contribution < -0.4 is 5.32 Å². The number of hydrogen-bond acceptors (Lipinski definition) is 4. The summed E-state index contributed by atoms with van der Waals surface area (Å²) < 4.78 is 5.91. The summed E-state index contributed by atoms with van der Waals surface area (Å²) in [5.41, 5.74) is 1.21. The van der Waals surface area contributed by atoms with E-state index < -0.39 is 0 Å². The Hall–Kier alpha value is -1.69. The number of benzene rings is 1. The summed E-state index contributed by atoms with van der Waals surface area (Å²) in [7, 11) is 0. The fourth-order valence-corrected chi connectivity index (χ4v) is 2.54. The van der Waals surface area contributed by atoms with Crippen LogP contribution in [0.4, 0.5) is 0 Å². The fraction of sp³-hybridized carbons (Fsp3) is 0.357. The zero-order chi connectivity index (χ0) is 14.1. The molecule has 1 fully saturated rings. The zero-order valence-electron chi connectivity index (χ0n) is 11.0. The van der Waals surface area contributed by atoms with E-state index >= 15 is 0 Å². The summed E-state index contributed by atoms with van der Waals surface area (Å²) in [4.78, 5) is 16.1. The first-order chi connectivity index (χ1) is 9.63. The summed E-state index contributed by atoms with van der Waals surface area (Å²) >= 11 is 3.41. The Bertz CT molecular complexity index is 624. The molecule has 0 radical (unpaired) electrons. The lowest BCUT2D eigenvalue weighted by molar-refractivity contribution is -0.122. The highest BCUT2D eigenvalue weighted by Gasteiger charge is 2.43. The molecule has 20 heavy (non-hydrogen) atoms. The summed E-state index contributed by atoms with van der Waals surface area (Å²) in [5.74, 6) is 1.46.